The Balaban J connectivity index is 1.50. The largest absolute Gasteiger partial charge is 0.399 e. The molecule has 1 saturated heterocycles. The van der Waals surface area contributed by atoms with Crippen LogP contribution < -0.4 is 16.4 Å². The van der Waals surface area contributed by atoms with E-state index in [0.29, 0.717) is 17.9 Å². The molecule has 0 radical (unpaired) electrons. The summed E-state index contributed by atoms with van der Waals surface area (Å²) in [6.07, 6.45) is 2.07. The molecule has 1 amide bonds. The van der Waals surface area contributed by atoms with E-state index in [2.05, 4.69) is 20.8 Å². The van der Waals surface area contributed by atoms with Crippen LogP contribution in [0, 0.1) is 0 Å². The standard InChI is InChI=1S/C15H21N5O2/c16-10-3-4-12-13(8-10)19-20-14(12)15(21)18-5-1-2-11-9-17-6-7-22-11/h3-4,8,11,17H,1-2,5-7,9,16H2,(H,18,21)(H,19,20). The molecule has 3 rings (SSSR count). The molecule has 1 aromatic carbocycles. The topological polar surface area (TPSA) is 105 Å². The molecule has 7 nitrogen and oxygen atoms in total. The van der Waals surface area contributed by atoms with Gasteiger partial charge < -0.3 is 21.1 Å². The van der Waals surface area contributed by atoms with E-state index in [0.717, 1.165) is 43.4 Å². The van der Waals surface area contributed by atoms with E-state index in [1.165, 1.54) is 0 Å². The first-order chi connectivity index (χ1) is 10.7. The summed E-state index contributed by atoms with van der Waals surface area (Å²) in [5.74, 6) is -0.168. The first-order valence-corrected chi connectivity index (χ1v) is 7.58. The molecule has 1 aromatic heterocycles. The van der Waals surface area contributed by atoms with E-state index in [1.54, 1.807) is 12.1 Å². The number of nitrogens with one attached hydrogen (secondary N) is 3. The van der Waals surface area contributed by atoms with Gasteiger partial charge in [0.25, 0.3) is 5.91 Å². The number of anilines is 1. The number of nitrogen functional groups attached to an aromatic ring is 1. The minimum absolute atomic E-state index is 0.168. The first kappa shape index (κ1) is 14.8. The highest BCUT2D eigenvalue weighted by atomic mass is 16.5. The molecular formula is C15H21N5O2. The zero-order valence-electron chi connectivity index (χ0n) is 12.4. The average molecular weight is 303 g/mol. The minimum Gasteiger partial charge on any atom is -0.399 e. The highest BCUT2D eigenvalue weighted by Gasteiger charge is 2.15. The quantitative estimate of drug-likeness (QED) is 0.479. The van der Waals surface area contributed by atoms with Crippen LogP contribution in [0.5, 0.6) is 0 Å². The van der Waals surface area contributed by atoms with Crippen molar-refractivity contribution >= 4 is 22.5 Å². The Morgan fingerprint density at radius 2 is 2.41 bits per heavy atom. The van der Waals surface area contributed by atoms with Gasteiger partial charge in [-0.3, -0.25) is 9.89 Å². The molecule has 0 saturated carbocycles. The van der Waals surface area contributed by atoms with E-state index in [1.807, 2.05) is 6.07 Å². The predicted molar refractivity (Wildman–Crippen MR) is 84.7 cm³/mol. The van der Waals surface area contributed by atoms with Crippen LogP contribution in [0.1, 0.15) is 23.3 Å². The van der Waals surface area contributed by atoms with Gasteiger partial charge in [0.1, 0.15) is 0 Å². The van der Waals surface area contributed by atoms with Crippen LogP contribution in [0.25, 0.3) is 10.9 Å². The summed E-state index contributed by atoms with van der Waals surface area (Å²) in [7, 11) is 0. The smallest absolute Gasteiger partial charge is 0.272 e. The monoisotopic (exact) mass is 303 g/mol. The Morgan fingerprint density at radius 3 is 3.23 bits per heavy atom. The van der Waals surface area contributed by atoms with E-state index < -0.39 is 0 Å². The molecule has 2 heterocycles. The second kappa shape index (κ2) is 6.76. The fourth-order valence-corrected chi connectivity index (χ4v) is 2.63. The third kappa shape index (κ3) is 3.37. The normalized spacial score (nSPS) is 18.5. The number of nitrogens with zero attached hydrogens (tertiary/aromatic N) is 1. The molecule has 2 aromatic rings. The molecule has 1 fully saturated rings. The highest BCUT2D eigenvalue weighted by molar-refractivity contribution is 6.05. The number of hydrogen-bond donors (Lipinski definition) is 4. The lowest BCUT2D eigenvalue weighted by molar-refractivity contribution is 0.0225. The van der Waals surface area contributed by atoms with Crippen molar-refractivity contribution in [1.82, 2.24) is 20.8 Å². The van der Waals surface area contributed by atoms with Crippen LogP contribution >= 0.6 is 0 Å². The second-order valence-electron chi connectivity index (χ2n) is 5.47. The van der Waals surface area contributed by atoms with Crippen LogP contribution in [0.4, 0.5) is 5.69 Å². The Labute approximate surface area is 128 Å². The van der Waals surface area contributed by atoms with Crippen molar-refractivity contribution < 1.29 is 9.53 Å². The van der Waals surface area contributed by atoms with Gasteiger partial charge in [-0.1, -0.05) is 0 Å². The van der Waals surface area contributed by atoms with Crippen molar-refractivity contribution in [3.63, 3.8) is 0 Å². The molecular weight excluding hydrogens is 282 g/mol. The molecule has 0 aliphatic carbocycles. The number of nitrogens with two attached hydrogens (primary N) is 1. The van der Waals surface area contributed by atoms with E-state index in [4.69, 9.17) is 10.5 Å². The number of ether oxygens (including phenoxy) is 1. The van der Waals surface area contributed by atoms with E-state index >= 15 is 0 Å². The first-order valence-electron chi connectivity index (χ1n) is 7.58. The summed E-state index contributed by atoms with van der Waals surface area (Å²) >= 11 is 0. The number of benzene rings is 1. The summed E-state index contributed by atoms with van der Waals surface area (Å²) < 4.78 is 5.62. The molecule has 118 valence electrons. The summed E-state index contributed by atoms with van der Waals surface area (Å²) in [5, 5.41) is 13.9. The lowest BCUT2D eigenvalue weighted by atomic mass is 10.1. The number of carbonyl (C=O) groups excluding carboxylic acids is 1. The summed E-state index contributed by atoms with van der Waals surface area (Å²) in [6.45, 7) is 3.19. The van der Waals surface area contributed by atoms with Gasteiger partial charge in [0.05, 0.1) is 18.2 Å². The van der Waals surface area contributed by atoms with Gasteiger partial charge in [-0.15, -0.1) is 0 Å². The van der Waals surface area contributed by atoms with Gasteiger partial charge in [-0.05, 0) is 31.0 Å². The number of hydrogen-bond acceptors (Lipinski definition) is 5. The molecule has 0 spiro atoms. The summed E-state index contributed by atoms with van der Waals surface area (Å²) in [4.78, 5) is 12.2. The van der Waals surface area contributed by atoms with E-state index in [-0.39, 0.29) is 12.0 Å². The van der Waals surface area contributed by atoms with Crippen LogP contribution in [0.2, 0.25) is 0 Å². The highest BCUT2D eigenvalue weighted by Crippen LogP contribution is 2.18. The van der Waals surface area contributed by atoms with Crippen LogP contribution in [0.3, 0.4) is 0 Å². The van der Waals surface area contributed by atoms with Crippen molar-refractivity contribution in [2.75, 3.05) is 32.0 Å². The summed E-state index contributed by atoms with van der Waals surface area (Å²) in [6, 6.07) is 5.35. The fourth-order valence-electron chi connectivity index (χ4n) is 2.63. The second-order valence-corrected chi connectivity index (χ2v) is 5.47. The predicted octanol–water partition coefficient (Wildman–Crippen LogP) is 0.644. The number of rotatable bonds is 5. The molecule has 1 aliphatic rings. The zero-order chi connectivity index (χ0) is 15.4. The maximum Gasteiger partial charge on any atom is 0.272 e. The third-order valence-electron chi connectivity index (χ3n) is 3.79. The van der Waals surface area contributed by atoms with Gasteiger partial charge in [-0.25, -0.2) is 0 Å². The number of aromatic nitrogens is 2. The lowest BCUT2D eigenvalue weighted by Gasteiger charge is -2.23. The third-order valence-corrected chi connectivity index (χ3v) is 3.79. The molecule has 1 unspecified atom stereocenters. The Hall–Kier alpha value is -2.12. The molecule has 1 atom stereocenters. The molecule has 22 heavy (non-hydrogen) atoms. The number of fused-ring (bicyclic) bond motifs is 1. The van der Waals surface area contributed by atoms with Crippen molar-refractivity contribution in [1.29, 1.82) is 0 Å². The SMILES string of the molecule is Nc1ccc2c(C(=O)NCCCC3CNCCO3)n[nH]c2c1. The number of H-pyrrole nitrogens is 1. The molecule has 5 N–H and O–H groups in total. The number of amides is 1. The average Bonchev–Trinajstić information content (AvgIpc) is 2.95. The molecule has 1 aliphatic heterocycles. The van der Waals surface area contributed by atoms with Crippen molar-refractivity contribution in [3.8, 4) is 0 Å². The maximum absolute atomic E-state index is 12.2. The van der Waals surface area contributed by atoms with Gasteiger partial charge in [0.15, 0.2) is 5.69 Å². The fraction of sp³-hybridized carbons (Fsp3) is 0.467. The van der Waals surface area contributed by atoms with Gasteiger partial charge in [0.2, 0.25) is 0 Å². The van der Waals surface area contributed by atoms with Gasteiger partial charge >= 0.3 is 0 Å². The molecule has 0 bridgehead atoms. The summed E-state index contributed by atoms with van der Waals surface area (Å²) in [5.41, 5.74) is 7.53. The molecule has 7 heteroatoms. The zero-order valence-corrected chi connectivity index (χ0v) is 12.4. The number of morpholine rings is 1. The maximum atomic E-state index is 12.2. The van der Waals surface area contributed by atoms with Crippen molar-refractivity contribution in [3.05, 3.63) is 23.9 Å². The van der Waals surface area contributed by atoms with Crippen molar-refractivity contribution in [2.24, 2.45) is 0 Å². The van der Waals surface area contributed by atoms with E-state index in [9.17, 15) is 4.79 Å². The lowest BCUT2D eigenvalue weighted by Crippen LogP contribution is -2.38. The van der Waals surface area contributed by atoms with Gasteiger partial charge in [0, 0.05) is 30.7 Å². The Morgan fingerprint density at radius 1 is 1.50 bits per heavy atom. The van der Waals surface area contributed by atoms with Gasteiger partial charge in [-0.2, -0.15) is 5.10 Å². The van der Waals surface area contributed by atoms with Crippen molar-refractivity contribution in [2.45, 2.75) is 18.9 Å². The van der Waals surface area contributed by atoms with Crippen LogP contribution in [0.15, 0.2) is 18.2 Å². The Bertz CT molecular complexity index is 648. The Kier molecular flexibility index (Phi) is 4.55. The van der Waals surface area contributed by atoms with Crippen LogP contribution in [-0.2, 0) is 4.74 Å². The van der Waals surface area contributed by atoms with Crippen LogP contribution in [-0.4, -0.2) is 48.4 Å². The minimum atomic E-state index is -0.168. The number of carbonyl (C=O) groups is 1. The number of aromatic amines is 1.